The number of amides is 2. The third-order valence-electron chi connectivity index (χ3n) is 8.07. The Balaban J connectivity index is 1.17. The molecular weight excluding hydrogens is 444 g/mol. The lowest BCUT2D eigenvalue weighted by Gasteiger charge is -2.50. The predicted molar refractivity (Wildman–Crippen MR) is 120 cm³/mol. The van der Waals surface area contributed by atoms with Crippen LogP contribution >= 0.6 is 0 Å². The Kier molecular flexibility index (Phi) is 6.27. The molecule has 4 fully saturated rings. The number of halogens is 2. The van der Waals surface area contributed by atoms with Gasteiger partial charge in [0.15, 0.2) is 0 Å². The van der Waals surface area contributed by atoms with Gasteiger partial charge in [-0.1, -0.05) is 30.3 Å². The number of carbonyl (C=O) groups excluding carboxylic acids is 2. The Morgan fingerprint density at radius 1 is 1.18 bits per heavy atom. The number of piperazine rings is 1. The van der Waals surface area contributed by atoms with E-state index in [2.05, 4.69) is 0 Å². The number of benzene rings is 1. The fourth-order valence-electron chi connectivity index (χ4n) is 5.66. The number of piperidine rings is 1. The summed E-state index contributed by atoms with van der Waals surface area (Å²) in [5, 5.41) is 0. The fourth-order valence-corrected chi connectivity index (χ4v) is 5.66. The molecule has 9 heteroatoms. The van der Waals surface area contributed by atoms with Crippen molar-refractivity contribution in [3.63, 3.8) is 0 Å². The molecule has 3 heterocycles. The number of hydrogen-bond donors (Lipinski definition) is 0. The minimum atomic E-state index is -2.63. The molecule has 34 heavy (non-hydrogen) atoms. The van der Waals surface area contributed by atoms with Crippen LogP contribution in [0, 0.1) is 5.41 Å². The number of hydrogen-bond acceptors (Lipinski definition) is 5. The number of likely N-dealkylation sites (tertiary alicyclic amines) is 1. The van der Waals surface area contributed by atoms with E-state index in [1.165, 1.54) is 4.90 Å². The number of carbonyl (C=O) groups is 2. The molecule has 3 aliphatic heterocycles. The van der Waals surface area contributed by atoms with E-state index < -0.39 is 23.5 Å². The van der Waals surface area contributed by atoms with Crippen molar-refractivity contribution in [2.45, 2.75) is 63.3 Å². The molecule has 1 aromatic carbocycles. The van der Waals surface area contributed by atoms with E-state index in [0.717, 1.165) is 5.56 Å². The first-order valence-electron chi connectivity index (χ1n) is 12.3. The zero-order chi connectivity index (χ0) is 23.9. The second-order valence-corrected chi connectivity index (χ2v) is 10.3. The van der Waals surface area contributed by atoms with Gasteiger partial charge in [-0.15, -0.1) is 0 Å². The normalized spacial score (nSPS) is 30.2. The van der Waals surface area contributed by atoms with Crippen LogP contribution in [0.15, 0.2) is 30.3 Å². The lowest BCUT2D eigenvalue weighted by atomic mass is 9.89. The minimum absolute atomic E-state index is 0.137. The number of morpholine rings is 1. The van der Waals surface area contributed by atoms with E-state index in [4.69, 9.17) is 9.47 Å². The van der Waals surface area contributed by atoms with Crippen LogP contribution in [0.4, 0.5) is 13.6 Å². The van der Waals surface area contributed by atoms with Crippen molar-refractivity contribution < 1.29 is 27.8 Å². The molecule has 1 aliphatic carbocycles. The highest BCUT2D eigenvalue weighted by molar-refractivity contribution is 5.87. The molecule has 0 bridgehead atoms. The van der Waals surface area contributed by atoms with Crippen molar-refractivity contribution in [3.05, 3.63) is 35.9 Å². The minimum Gasteiger partial charge on any atom is -0.445 e. The van der Waals surface area contributed by atoms with Crippen LogP contribution in [-0.2, 0) is 20.9 Å². The third kappa shape index (κ3) is 4.40. The zero-order valence-corrected chi connectivity index (χ0v) is 19.6. The standard InChI is InChI=1S/C25H33F2N3O4/c1-18-22(31)30-20(7-11-28-12-10-24(8-9-24)25(26,27)17-28)15-33-16-21(30)13-29(18)23(32)34-14-19-5-3-2-4-6-19/h2-6,18,20-21H,7-17H2,1H3/t18-,20-,21+/m0/s1. The lowest BCUT2D eigenvalue weighted by molar-refractivity contribution is -0.162. The maximum absolute atomic E-state index is 14.6. The monoisotopic (exact) mass is 477 g/mol. The van der Waals surface area contributed by atoms with E-state index in [1.54, 1.807) is 6.92 Å². The van der Waals surface area contributed by atoms with Crippen molar-refractivity contribution in [2.24, 2.45) is 5.41 Å². The van der Waals surface area contributed by atoms with Gasteiger partial charge in [0, 0.05) is 18.5 Å². The van der Waals surface area contributed by atoms with Gasteiger partial charge >= 0.3 is 6.09 Å². The molecule has 7 nitrogen and oxygen atoms in total. The highest BCUT2D eigenvalue weighted by Crippen LogP contribution is 2.61. The number of fused-ring (bicyclic) bond motifs is 1. The van der Waals surface area contributed by atoms with E-state index in [9.17, 15) is 18.4 Å². The topological polar surface area (TPSA) is 62.3 Å². The summed E-state index contributed by atoms with van der Waals surface area (Å²) in [6, 6.07) is 8.32. The lowest BCUT2D eigenvalue weighted by Crippen LogP contribution is -2.68. The first-order chi connectivity index (χ1) is 16.3. The molecular formula is C25H33F2N3O4. The molecule has 3 atom stereocenters. The molecule has 1 saturated carbocycles. The molecule has 186 valence electrons. The van der Waals surface area contributed by atoms with Crippen molar-refractivity contribution in [2.75, 3.05) is 39.4 Å². The van der Waals surface area contributed by atoms with Gasteiger partial charge < -0.3 is 14.4 Å². The Morgan fingerprint density at radius 2 is 1.94 bits per heavy atom. The molecule has 5 rings (SSSR count). The van der Waals surface area contributed by atoms with Gasteiger partial charge in [0.1, 0.15) is 12.6 Å². The fraction of sp³-hybridized carbons (Fsp3) is 0.680. The van der Waals surface area contributed by atoms with Crippen molar-refractivity contribution in [3.8, 4) is 0 Å². The van der Waals surface area contributed by atoms with Crippen molar-refractivity contribution in [1.82, 2.24) is 14.7 Å². The van der Waals surface area contributed by atoms with Gasteiger partial charge in [0.25, 0.3) is 5.92 Å². The summed E-state index contributed by atoms with van der Waals surface area (Å²) in [7, 11) is 0. The summed E-state index contributed by atoms with van der Waals surface area (Å²) in [4.78, 5) is 31.2. The summed E-state index contributed by atoms with van der Waals surface area (Å²) in [5.41, 5.74) is 0.129. The van der Waals surface area contributed by atoms with Gasteiger partial charge in [-0.05, 0) is 44.7 Å². The van der Waals surface area contributed by atoms with Crippen LogP contribution in [0.3, 0.4) is 0 Å². The third-order valence-corrected chi connectivity index (χ3v) is 8.07. The van der Waals surface area contributed by atoms with Crippen LogP contribution in [-0.4, -0.2) is 90.1 Å². The average Bonchev–Trinajstić information content (AvgIpc) is 3.63. The van der Waals surface area contributed by atoms with Crippen LogP contribution in [0.2, 0.25) is 0 Å². The van der Waals surface area contributed by atoms with Gasteiger partial charge in [0.2, 0.25) is 5.91 Å². The van der Waals surface area contributed by atoms with Gasteiger partial charge in [-0.3, -0.25) is 14.6 Å². The zero-order valence-electron chi connectivity index (χ0n) is 19.6. The summed E-state index contributed by atoms with van der Waals surface area (Å²) < 4.78 is 40.3. The highest BCUT2D eigenvalue weighted by atomic mass is 19.3. The molecule has 0 N–H and O–H groups in total. The molecule has 0 aromatic heterocycles. The van der Waals surface area contributed by atoms with Gasteiger partial charge in [-0.25, -0.2) is 13.6 Å². The largest absolute Gasteiger partial charge is 0.445 e. The Labute approximate surface area is 199 Å². The smallest absolute Gasteiger partial charge is 0.410 e. The molecule has 4 aliphatic rings. The molecule has 0 unspecified atom stereocenters. The van der Waals surface area contributed by atoms with Crippen LogP contribution < -0.4 is 0 Å². The second-order valence-electron chi connectivity index (χ2n) is 10.3. The maximum Gasteiger partial charge on any atom is 0.410 e. The molecule has 1 aromatic rings. The molecule has 0 radical (unpaired) electrons. The number of nitrogens with zero attached hydrogens (tertiary/aromatic N) is 3. The maximum atomic E-state index is 14.6. The number of rotatable bonds is 5. The van der Waals surface area contributed by atoms with Crippen LogP contribution in [0.1, 0.15) is 38.2 Å². The molecule has 1 spiro atoms. The summed E-state index contributed by atoms with van der Waals surface area (Å²) in [6.45, 7) is 3.92. The first kappa shape index (κ1) is 23.5. The molecule has 3 saturated heterocycles. The number of alkyl halides is 2. The van der Waals surface area contributed by atoms with E-state index >= 15 is 0 Å². The summed E-state index contributed by atoms with van der Waals surface area (Å²) in [5.74, 6) is -2.77. The Morgan fingerprint density at radius 3 is 2.65 bits per heavy atom. The predicted octanol–water partition coefficient (Wildman–Crippen LogP) is 3.13. The van der Waals surface area contributed by atoms with E-state index in [0.29, 0.717) is 58.5 Å². The van der Waals surface area contributed by atoms with Gasteiger partial charge in [-0.2, -0.15) is 0 Å². The molecule has 2 amide bonds. The summed E-state index contributed by atoms with van der Waals surface area (Å²) >= 11 is 0. The quantitative estimate of drug-likeness (QED) is 0.652. The van der Waals surface area contributed by atoms with Gasteiger partial charge in [0.05, 0.1) is 31.8 Å². The second kappa shape index (κ2) is 9.07. The van der Waals surface area contributed by atoms with Crippen LogP contribution in [0.5, 0.6) is 0 Å². The Bertz CT molecular complexity index is 911. The Hall–Kier alpha value is -2.26. The average molecular weight is 478 g/mol. The SMILES string of the molecule is C[C@H]1C(=O)N2[C@@H](CCN3CCC4(CC4)C(F)(F)C3)COC[C@H]2CN1C(=O)OCc1ccccc1. The van der Waals surface area contributed by atoms with E-state index in [1.807, 2.05) is 40.1 Å². The van der Waals surface area contributed by atoms with E-state index in [-0.39, 0.29) is 31.1 Å². The summed E-state index contributed by atoms with van der Waals surface area (Å²) in [6.07, 6.45) is 1.88. The first-order valence-corrected chi connectivity index (χ1v) is 12.3. The number of ether oxygens (including phenoxy) is 2. The van der Waals surface area contributed by atoms with Crippen molar-refractivity contribution >= 4 is 12.0 Å². The van der Waals surface area contributed by atoms with Crippen LogP contribution in [0.25, 0.3) is 0 Å². The van der Waals surface area contributed by atoms with Crippen molar-refractivity contribution in [1.29, 1.82) is 0 Å². The highest BCUT2D eigenvalue weighted by Gasteiger charge is 2.63.